The van der Waals surface area contributed by atoms with Crippen molar-refractivity contribution in [2.75, 3.05) is 0 Å². The van der Waals surface area contributed by atoms with Gasteiger partial charge in [-0.05, 0) is 25.7 Å². The molecule has 0 aromatic carbocycles. The standard InChI is InChI=1S/C20H32N6O7/c1-10(2)6-15(20(32)33)26-17(29)11(3)24-19(31)14(4-5-16(27)28)25-18(30)13(21)7-12-8-22-9-23-12/h8-11,13-15H,4-7,21H2,1-3H3,(H,22,23)(H,24,31)(H,25,30)(H,26,29)(H,27,28)(H,32,33)/t11-,13-,14+,15+/m0/s1. The van der Waals surface area contributed by atoms with E-state index in [1.807, 2.05) is 0 Å². The Bertz CT molecular complexity index is 827. The summed E-state index contributed by atoms with van der Waals surface area (Å²) in [4.78, 5) is 66.4. The monoisotopic (exact) mass is 468 g/mol. The molecule has 13 nitrogen and oxygen atoms in total. The minimum atomic E-state index is -1.26. The molecule has 1 aromatic heterocycles. The van der Waals surface area contributed by atoms with E-state index in [1.165, 1.54) is 19.4 Å². The lowest BCUT2D eigenvalue weighted by atomic mass is 10.0. The molecule has 0 aliphatic carbocycles. The van der Waals surface area contributed by atoms with Crippen molar-refractivity contribution in [3.05, 3.63) is 18.2 Å². The highest BCUT2D eigenvalue weighted by molar-refractivity contribution is 5.94. The Morgan fingerprint density at radius 2 is 1.64 bits per heavy atom. The number of carboxylic acids is 2. The summed E-state index contributed by atoms with van der Waals surface area (Å²) in [5.41, 5.74) is 6.46. The van der Waals surface area contributed by atoms with Gasteiger partial charge >= 0.3 is 11.9 Å². The fourth-order valence-electron chi connectivity index (χ4n) is 2.91. The maximum absolute atomic E-state index is 12.7. The average Bonchev–Trinajstić information content (AvgIpc) is 3.22. The molecular formula is C20H32N6O7. The van der Waals surface area contributed by atoms with Gasteiger partial charge < -0.3 is 36.9 Å². The van der Waals surface area contributed by atoms with Gasteiger partial charge in [-0.3, -0.25) is 19.2 Å². The number of imidazole rings is 1. The number of aliphatic carboxylic acids is 2. The molecule has 0 radical (unpaired) electrons. The third kappa shape index (κ3) is 10.1. The van der Waals surface area contributed by atoms with Gasteiger partial charge in [-0.15, -0.1) is 0 Å². The molecule has 13 heteroatoms. The Hall–Kier alpha value is -3.48. The Morgan fingerprint density at radius 1 is 1.00 bits per heavy atom. The molecule has 8 N–H and O–H groups in total. The van der Waals surface area contributed by atoms with E-state index in [2.05, 4.69) is 25.9 Å². The van der Waals surface area contributed by atoms with E-state index in [1.54, 1.807) is 13.8 Å². The maximum atomic E-state index is 12.7. The quantitative estimate of drug-likeness (QED) is 0.173. The van der Waals surface area contributed by atoms with E-state index in [4.69, 9.17) is 10.8 Å². The number of nitrogens with two attached hydrogens (primary N) is 1. The Balaban J connectivity index is 2.77. The molecule has 0 aliphatic heterocycles. The first-order valence-corrected chi connectivity index (χ1v) is 10.5. The number of nitrogens with zero attached hydrogens (tertiary/aromatic N) is 1. The van der Waals surface area contributed by atoms with Crippen LogP contribution in [0.2, 0.25) is 0 Å². The summed E-state index contributed by atoms with van der Waals surface area (Å²) in [5, 5.41) is 25.4. The molecule has 0 saturated heterocycles. The maximum Gasteiger partial charge on any atom is 0.326 e. The summed E-state index contributed by atoms with van der Waals surface area (Å²) in [5.74, 6) is -4.57. The van der Waals surface area contributed by atoms with E-state index in [9.17, 15) is 29.1 Å². The van der Waals surface area contributed by atoms with Gasteiger partial charge in [0.25, 0.3) is 0 Å². The number of aromatic amines is 1. The lowest BCUT2D eigenvalue weighted by Crippen LogP contribution is -2.56. The van der Waals surface area contributed by atoms with Crippen LogP contribution < -0.4 is 21.7 Å². The number of carbonyl (C=O) groups excluding carboxylic acids is 3. The molecule has 1 aromatic rings. The second kappa shape index (κ2) is 13.2. The zero-order chi connectivity index (χ0) is 25.1. The number of carboxylic acid groups (broad SMARTS) is 2. The van der Waals surface area contributed by atoms with Gasteiger partial charge in [0, 0.05) is 24.7 Å². The average molecular weight is 469 g/mol. The van der Waals surface area contributed by atoms with Crippen molar-refractivity contribution in [3.63, 3.8) is 0 Å². The van der Waals surface area contributed by atoms with Crippen LogP contribution in [-0.4, -0.2) is 74.0 Å². The van der Waals surface area contributed by atoms with Crippen LogP contribution in [0.1, 0.15) is 45.7 Å². The largest absolute Gasteiger partial charge is 0.481 e. The van der Waals surface area contributed by atoms with Crippen LogP contribution in [0.3, 0.4) is 0 Å². The lowest BCUT2D eigenvalue weighted by molar-refractivity contribution is -0.142. The third-order valence-corrected chi connectivity index (χ3v) is 4.69. The van der Waals surface area contributed by atoms with Crippen molar-refractivity contribution >= 4 is 29.7 Å². The van der Waals surface area contributed by atoms with Gasteiger partial charge in [-0.25, -0.2) is 9.78 Å². The number of H-pyrrole nitrogens is 1. The lowest BCUT2D eigenvalue weighted by Gasteiger charge is -2.23. The third-order valence-electron chi connectivity index (χ3n) is 4.69. The number of hydrogen-bond donors (Lipinski definition) is 7. The van der Waals surface area contributed by atoms with Crippen molar-refractivity contribution in [1.82, 2.24) is 25.9 Å². The fourth-order valence-corrected chi connectivity index (χ4v) is 2.91. The highest BCUT2D eigenvalue weighted by Crippen LogP contribution is 2.06. The van der Waals surface area contributed by atoms with Gasteiger partial charge in [0.1, 0.15) is 18.1 Å². The van der Waals surface area contributed by atoms with E-state index in [0.717, 1.165) is 0 Å². The van der Waals surface area contributed by atoms with Gasteiger partial charge in [0.2, 0.25) is 17.7 Å². The van der Waals surface area contributed by atoms with Crippen LogP contribution in [0.4, 0.5) is 0 Å². The molecular weight excluding hydrogens is 436 g/mol. The fraction of sp³-hybridized carbons (Fsp3) is 0.600. The Kier molecular flexibility index (Phi) is 11.0. The van der Waals surface area contributed by atoms with Crippen molar-refractivity contribution in [1.29, 1.82) is 0 Å². The molecule has 184 valence electrons. The zero-order valence-electron chi connectivity index (χ0n) is 18.8. The van der Waals surface area contributed by atoms with Crippen LogP contribution >= 0.6 is 0 Å². The van der Waals surface area contributed by atoms with E-state index in [-0.39, 0.29) is 25.2 Å². The normalized spacial score (nSPS) is 14.6. The zero-order valence-corrected chi connectivity index (χ0v) is 18.8. The predicted molar refractivity (Wildman–Crippen MR) is 116 cm³/mol. The highest BCUT2D eigenvalue weighted by atomic mass is 16.4. The van der Waals surface area contributed by atoms with Gasteiger partial charge in [0.05, 0.1) is 12.4 Å². The summed E-state index contributed by atoms with van der Waals surface area (Å²) in [6.07, 6.45) is 2.59. The topological polar surface area (TPSA) is 217 Å². The molecule has 0 bridgehead atoms. The SMILES string of the molecule is CC(C)C[C@@H](NC(=O)[C@H](C)NC(=O)[C@@H](CCC(=O)O)NC(=O)[C@@H](N)Cc1cnc[nH]1)C(=O)O. The summed E-state index contributed by atoms with van der Waals surface area (Å²) >= 11 is 0. The van der Waals surface area contributed by atoms with Crippen molar-refractivity contribution in [2.45, 2.75) is 70.6 Å². The minimum Gasteiger partial charge on any atom is -0.481 e. The van der Waals surface area contributed by atoms with Crippen LogP contribution in [0.5, 0.6) is 0 Å². The Labute approximate surface area is 190 Å². The highest BCUT2D eigenvalue weighted by Gasteiger charge is 2.29. The molecule has 1 heterocycles. The van der Waals surface area contributed by atoms with Crippen LogP contribution in [0.25, 0.3) is 0 Å². The number of rotatable bonds is 14. The predicted octanol–water partition coefficient (Wildman–Crippen LogP) is -1.25. The van der Waals surface area contributed by atoms with Crippen molar-refractivity contribution in [3.8, 4) is 0 Å². The first-order chi connectivity index (χ1) is 15.4. The molecule has 4 atom stereocenters. The molecule has 0 unspecified atom stereocenters. The van der Waals surface area contributed by atoms with E-state index < -0.39 is 60.2 Å². The molecule has 0 fully saturated rings. The van der Waals surface area contributed by atoms with Crippen LogP contribution in [0, 0.1) is 5.92 Å². The minimum absolute atomic E-state index is 0.0119. The van der Waals surface area contributed by atoms with Gasteiger partial charge in [-0.1, -0.05) is 13.8 Å². The van der Waals surface area contributed by atoms with E-state index >= 15 is 0 Å². The second-order valence-corrected chi connectivity index (χ2v) is 8.14. The molecule has 3 amide bonds. The second-order valence-electron chi connectivity index (χ2n) is 8.14. The first kappa shape index (κ1) is 27.6. The molecule has 33 heavy (non-hydrogen) atoms. The van der Waals surface area contributed by atoms with Gasteiger partial charge in [0.15, 0.2) is 0 Å². The number of nitrogens with one attached hydrogen (secondary N) is 4. The molecule has 0 spiro atoms. The van der Waals surface area contributed by atoms with Crippen molar-refractivity contribution in [2.24, 2.45) is 11.7 Å². The summed E-state index contributed by atoms with van der Waals surface area (Å²) in [6.45, 7) is 4.96. The number of amides is 3. The summed E-state index contributed by atoms with van der Waals surface area (Å²) < 4.78 is 0. The molecule has 1 rings (SSSR count). The Morgan fingerprint density at radius 3 is 2.15 bits per heavy atom. The smallest absolute Gasteiger partial charge is 0.326 e. The van der Waals surface area contributed by atoms with Gasteiger partial charge in [-0.2, -0.15) is 0 Å². The summed E-state index contributed by atoms with van der Waals surface area (Å²) in [7, 11) is 0. The number of aromatic nitrogens is 2. The number of carbonyl (C=O) groups is 5. The van der Waals surface area contributed by atoms with Crippen LogP contribution in [0.15, 0.2) is 12.5 Å². The molecule has 0 saturated carbocycles. The first-order valence-electron chi connectivity index (χ1n) is 10.5. The van der Waals surface area contributed by atoms with Crippen molar-refractivity contribution < 1.29 is 34.2 Å². The van der Waals surface area contributed by atoms with Crippen LogP contribution in [-0.2, 0) is 30.4 Å². The van der Waals surface area contributed by atoms with E-state index in [0.29, 0.717) is 5.69 Å². The molecule has 0 aliphatic rings. The number of hydrogen-bond acceptors (Lipinski definition) is 7. The summed E-state index contributed by atoms with van der Waals surface area (Å²) in [6, 6.07) is -4.55.